The van der Waals surface area contributed by atoms with E-state index >= 15 is 0 Å². The van der Waals surface area contributed by atoms with Crippen molar-refractivity contribution in [2.75, 3.05) is 6.61 Å². The number of nitrogens with one attached hydrogen (secondary N) is 2. The molecule has 0 saturated carbocycles. The van der Waals surface area contributed by atoms with Crippen molar-refractivity contribution in [2.45, 2.75) is 25.6 Å². The molecule has 2 heterocycles. The van der Waals surface area contributed by atoms with E-state index in [9.17, 15) is 22.8 Å². The lowest BCUT2D eigenvalue weighted by Gasteiger charge is -2.26. The average molecular weight is 405 g/mol. The molecule has 29 heavy (non-hydrogen) atoms. The number of pyridine rings is 1. The van der Waals surface area contributed by atoms with E-state index in [-0.39, 0.29) is 6.61 Å². The fraction of sp³-hybridized carbons (Fsp3) is 0.250. The molecule has 3 rings (SSSR count). The highest BCUT2D eigenvalue weighted by molar-refractivity contribution is 5.97. The van der Waals surface area contributed by atoms with Crippen LogP contribution in [0.1, 0.15) is 40.1 Å². The number of carbonyl (C=O) groups excluding carboxylic acids is 2. The Morgan fingerprint density at radius 2 is 1.90 bits per heavy atom. The van der Waals surface area contributed by atoms with Crippen molar-refractivity contribution in [1.29, 1.82) is 0 Å². The van der Waals surface area contributed by atoms with E-state index in [4.69, 9.17) is 4.74 Å². The topological polar surface area (TPSA) is 84.1 Å². The summed E-state index contributed by atoms with van der Waals surface area (Å²) in [5, 5.41) is 3.45. The summed E-state index contributed by atoms with van der Waals surface area (Å²) in [5.74, 6) is -1.56. The monoisotopic (exact) mass is 405 g/mol. The van der Waals surface area contributed by atoms with Gasteiger partial charge in [0.2, 0.25) is 0 Å². The van der Waals surface area contributed by atoms with Gasteiger partial charge >= 0.3 is 12.1 Å². The van der Waals surface area contributed by atoms with Gasteiger partial charge < -0.3 is 15.0 Å². The van der Waals surface area contributed by atoms with Crippen LogP contribution >= 0.6 is 0 Å². The Balaban J connectivity index is 1.66. The van der Waals surface area contributed by atoms with E-state index < -0.39 is 34.7 Å². The maximum atomic E-state index is 13.1. The van der Waals surface area contributed by atoms with Crippen LogP contribution in [0.4, 0.5) is 13.2 Å². The number of H-pyrrole nitrogens is 1. The maximum Gasteiger partial charge on any atom is 0.417 e. The largest absolute Gasteiger partial charge is 0.460 e. The van der Waals surface area contributed by atoms with Crippen molar-refractivity contribution >= 4 is 22.9 Å². The lowest BCUT2D eigenvalue weighted by Crippen LogP contribution is -2.47. The van der Waals surface area contributed by atoms with Gasteiger partial charge in [0.05, 0.1) is 22.2 Å². The number of fused-ring (bicyclic) bond motifs is 1. The molecule has 0 aliphatic heterocycles. The first-order valence-corrected chi connectivity index (χ1v) is 8.66. The number of halogens is 3. The molecule has 9 heteroatoms. The minimum atomic E-state index is -4.68. The van der Waals surface area contributed by atoms with Crippen LogP contribution < -0.4 is 5.32 Å². The van der Waals surface area contributed by atoms with Gasteiger partial charge in [-0.25, -0.2) is 9.78 Å². The predicted octanol–water partition coefficient (Wildman–Crippen LogP) is 3.95. The molecule has 0 saturated heterocycles. The van der Waals surface area contributed by atoms with Crippen LogP contribution in [0.2, 0.25) is 0 Å². The minimum absolute atomic E-state index is 0.305. The number of benzene rings is 1. The van der Waals surface area contributed by atoms with Crippen LogP contribution in [0.3, 0.4) is 0 Å². The van der Waals surface area contributed by atoms with Crippen molar-refractivity contribution in [2.24, 2.45) is 0 Å². The maximum absolute atomic E-state index is 13.1. The van der Waals surface area contributed by atoms with Gasteiger partial charge in [-0.1, -0.05) is 12.1 Å². The zero-order valence-electron chi connectivity index (χ0n) is 15.6. The molecule has 0 aliphatic carbocycles. The Kier molecular flexibility index (Phi) is 5.32. The summed E-state index contributed by atoms with van der Waals surface area (Å²) in [7, 11) is 0. The number of carbonyl (C=O) groups is 2. The number of ether oxygens (including phenoxy) is 1. The number of aromatic nitrogens is 2. The van der Waals surface area contributed by atoms with Crippen molar-refractivity contribution in [3.63, 3.8) is 0 Å². The molecule has 3 aromatic rings. The zero-order valence-corrected chi connectivity index (χ0v) is 15.6. The van der Waals surface area contributed by atoms with E-state index in [1.165, 1.54) is 18.3 Å². The van der Waals surface area contributed by atoms with E-state index in [1.54, 1.807) is 32.2 Å². The summed E-state index contributed by atoms with van der Waals surface area (Å²) in [4.78, 5) is 31.7. The summed E-state index contributed by atoms with van der Waals surface area (Å²) in [6.07, 6.45) is -1.58. The van der Waals surface area contributed by atoms with Crippen molar-refractivity contribution in [3.8, 4) is 0 Å². The van der Waals surface area contributed by atoms with E-state index in [0.717, 1.165) is 17.5 Å². The molecule has 0 unspecified atom stereocenters. The molecule has 0 aliphatic rings. The Morgan fingerprint density at radius 1 is 1.17 bits per heavy atom. The number of rotatable bonds is 5. The Hall–Kier alpha value is -3.36. The molecule has 0 spiro atoms. The van der Waals surface area contributed by atoms with E-state index in [2.05, 4.69) is 15.3 Å². The second-order valence-electron chi connectivity index (χ2n) is 7.10. The summed E-state index contributed by atoms with van der Waals surface area (Å²) >= 11 is 0. The molecule has 1 amide bonds. The van der Waals surface area contributed by atoms with Crippen LogP contribution in [-0.4, -0.2) is 34.0 Å². The normalized spacial score (nSPS) is 12.0. The van der Waals surface area contributed by atoms with Crippen LogP contribution in [0.15, 0.2) is 48.8 Å². The third-order valence-corrected chi connectivity index (χ3v) is 4.13. The van der Waals surface area contributed by atoms with Crippen LogP contribution in [0.5, 0.6) is 0 Å². The summed E-state index contributed by atoms with van der Waals surface area (Å²) < 4.78 is 44.2. The van der Waals surface area contributed by atoms with E-state index in [0.29, 0.717) is 11.2 Å². The quantitative estimate of drug-likeness (QED) is 0.630. The standard InChI is InChI=1S/C20H18F3N3O3/c1-19(2,26-17(27)13-9-12-7-8-24-16(12)25-10-13)11-29-18(28)14-5-3-4-6-15(14)20(21,22)23/h3-10H,11H2,1-2H3,(H,24,25)(H,26,27). The number of hydrogen-bond acceptors (Lipinski definition) is 4. The van der Waals surface area contributed by atoms with Crippen molar-refractivity contribution < 1.29 is 27.5 Å². The number of nitrogens with zero attached hydrogens (tertiary/aromatic N) is 1. The van der Waals surface area contributed by atoms with Gasteiger partial charge in [0.1, 0.15) is 12.3 Å². The Labute approximate surface area is 164 Å². The van der Waals surface area contributed by atoms with Crippen LogP contribution in [-0.2, 0) is 10.9 Å². The molecule has 0 atom stereocenters. The predicted molar refractivity (Wildman–Crippen MR) is 99.4 cm³/mol. The number of hydrogen-bond donors (Lipinski definition) is 2. The minimum Gasteiger partial charge on any atom is -0.460 e. The first-order chi connectivity index (χ1) is 13.6. The fourth-order valence-electron chi connectivity index (χ4n) is 2.71. The third kappa shape index (κ3) is 4.74. The summed E-state index contributed by atoms with van der Waals surface area (Å²) in [6, 6.07) is 7.80. The lowest BCUT2D eigenvalue weighted by atomic mass is 10.1. The molecule has 2 aromatic heterocycles. The number of aromatic amines is 1. The Bertz CT molecular complexity index is 1060. The molecule has 0 fully saturated rings. The molecule has 0 bridgehead atoms. The molecular weight excluding hydrogens is 387 g/mol. The van der Waals surface area contributed by atoms with E-state index in [1.807, 2.05) is 0 Å². The number of alkyl halides is 3. The first kappa shape index (κ1) is 20.4. The number of esters is 1. The average Bonchev–Trinajstić information content (AvgIpc) is 3.13. The zero-order chi connectivity index (χ0) is 21.2. The van der Waals surface area contributed by atoms with Gasteiger partial charge in [-0.3, -0.25) is 4.79 Å². The highest BCUT2D eigenvalue weighted by atomic mass is 19.4. The summed E-state index contributed by atoms with van der Waals surface area (Å²) in [5.41, 5.74) is -1.73. The van der Waals surface area contributed by atoms with Gasteiger partial charge in [0.25, 0.3) is 5.91 Å². The molecule has 2 N–H and O–H groups in total. The lowest BCUT2D eigenvalue weighted by molar-refractivity contribution is -0.138. The second-order valence-corrected chi connectivity index (χ2v) is 7.10. The highest BCUT2D eigenvalue weighted by Gasteiger charge is 2.35. The molecule has 1 aromatic carbocycles. The molecule has 152 valence electrons. The highest BCUT2D eigenvalue weighted by Crippen LogP contribution is 2.32. The second kappa shape index (κ2) is 7.57. The molecular formula is C20H18F3N3O3. The van der Waals surface area contributed by atoms with Gasteiger partial charge in [0, 0.05) is 17.8 Å². The fourth-order valence-corrected chi connectivity index (χ4v) is 2.71. The van der Waals surface area contributed by atoms with Crippen LogP contribution in [0, 0.1) is 0 Å². The molecule has 0 radical (unpaired) electrons. The Morgan fingerprint density at radius 3 is 2.62 bits per heavy atom. The van der Waals surface area contributed by atoms with Gasteiger partial charge in [-0.15, -0.1) is 0 Å². The SMILES string of the molecule is CC(C)(COC(=O)c1ccccc1C(F)(F)F)NC(=O)c1cnc2[nH]ccc2c1. The van der Waals surface area contributed by atoms with Gasteiger partial charge in [0.15, 0.2) is 0 Å². The molecule has 6 nitrogen and oxygen atoms in total. The number of amides is 1. The van der Waals surface area contributed by atoms with Crippen molar-refractivity contribution in [1.82, 2.24) is 15.3 Å². The van der Waals surface area contributed by atoms with Crippen LogP contribution in [0.25, 0.3) is 11.0 Å². The first-order valence-electron chi connectivity index (χ1n) is 8.66. The smallest absolute Gasteiger partial charge is 0.417 e. The van der Waals surface area contributed by atoms with Crippen molar-refractivity contribution in [3.05, 3.63) is 65.5 Å². The van der Waals surface area contributed by atoms with Gasteiger partial charge in [-0.2, -0.15) is 13.2 Å². The third-order valence-electron chi connectivity index (χ3n) is 4.13. The van der Waals surface area contributed by atoms with Gasteiger partial charge in [-0.05, 0) is 38.1 Å². The summed E-state index contributed by atoms with van der Waals surface area (Å²) in [6.45, 7) is 2.87.